The molecule has 0 aromatic carbocycles. The van der Waals surface area contributed by atoms with E-state index >= 15 is 0 Å². The highest BCUT2D eigenvalue weighted by molar-refractivity contribution is 9.11. The van der Waals surface area contributed by atoms with Crippen LogP contribution in [0.25, 0.3) is 45.0 Å². The molecule has 0 aliphatic heterocycles. The Kier molecular flexibility index (Phi) is 12.4. The molecule has 4 N–H and O–H groups in total. The van der Waals surface area contributed by atoms with Gasteiger partial charge in [0.25, 0.3) is 11.4 Å². The minimum absolute atomic E-state index is 0.155. The first-order valence-electron chi connectivity index (χ1n) is 13.6. The van der Waals surface area contributed by atoms with Crippen molar-refractivity contribution in [2.45, 2.75) is 0 Å². The third-order valence-corrected chi connectivity index (χ3v) is 8.96. The van der Waals surface area contributed by atoms with Gasteiger partial charge in [0.05, 0.1) is 21.2 Å². The van der Waals surface area contributed by atoms with Gasteiger partial charge in [-0.1, -0.05) is 0 Å². The molecule has 0 unspecified atom stereocenters. The number of pyridine rings is 6. The summed E-state index contributed by atoms with van der Waals surface area (Å²) >= 11 is 19.4. The quantitative estimate of drug-likeness (QED) is 0.124. The first kappa shape index (κ1) is 38.2. The second-order valence-corrected chi connectivity index (χ2v) is 15.3. The van der Waals surface area contributed by atoms with E-state index in [4.69, 9.17) is 15.9 Å². The van der Waals surface area contributed by atoms with Gasteiger partial charge in [0, 0.05) is 76.2 Å². The van der Waals surface area contributed by atoms with Gasteiger partial charge >= 0.3 is 0 Å². The van der Waals surface area contributed by atoms with Crippen LogP contribution in [0.5, 0.6) is 0 Å². The predicted octanol–water partition coefficient (Wildman–Crippen LogP) is 10.2. The van der Waals surface area contributed by atoms with E-state index in [9.17, 15) is 20.2 Å². The normalized spacial score (nSPS) is 10.6. The third kappa shape index (κ3) is 9.26. The van der Waals surface area contributed by atoms with Crippen molar-refractivity contribution in [3.63, 3.8) is 0 Å². The average Bonchev–Trinajstić information content (AvgIpc) is 3.42. The molecule has 0 radical (unpaired) electrons. The highest BCUT2D eigenvalue weighted by Crippen LogP contribution is 2.35. The van der Waals surface area contributed by atoms with E-state index < -0.39 is 9.85 Å². The molecule has 15 nitrogen and oxygen atoms in total. The maximum atomic E-state index is 11.0. The lowest BCUT2D eigenvalue weighted by molar-refractivity contribution is -0.386. The van der Waals surface area contributed by atoms with E-state index in [1.165, 1.54) is 24.5 Å². The van der Waals surface area contributed by atoms with E-state index in [1.807, 2.05) is 12.1 Å². The number of nitro groups is 2. The van der Waals surface area contributed by atoms with Gasteiger partial charge in [-0.2, -0.15) is 0 Å². The van der Waals surface area contributed by atoms with Gasteiger partial charge in [-0.05, 0) is 120 Å². The predicted molar refractivity (Wildman–Crippen MR) is 213 cm³/mol. The zero-order valence-corrected chi connectivity index (χ0v) is 34.5. The Morgan fingerprint density at radius 2 is 0.765 bits per heavy atom. The zero-order chi connectivity index (χ0) is 37.0. The van der Waals surface area contributed by atoms with Gasteiger partial charge in [0.15, 0.2) is 22.6 Å². The molecular weight excluding hydrogens is 1060 g/mol. The molecular formula is C30H16Br6N10O5. The number of rotatable bonds is 4. The van der Waals surface area contributed by atoms with Gasteiger partial charge in [0.1, 0.15) is 22.4 Å². The molecule has 258 valence electrons. The summed E-state index contributed by atoms with van der Waals surface area (Å²) in [6.45, 7) is 0. The molecule has 7 aromatic heterocycles. The van der Waals surface area contributed by atoms with Crippen molar-refractivity contribution < 1.29 is 14.3 Å². The van der Waals surface area contributed by atoms with Crippen LogP contribution in [0.4, 0.5) is 22.7 Å². The Bertz CT molecular complexity index is 2300. The second kappa shape index (κ2) is 16.5. The molecule has 0 aliphatic carbocycles. The monoisotopic (exact) mass is 1070 g/mol. The number of fused-ring (bicyclic) bond motifs is 3. The minimum Gasteiger partial charge on any atom is -0.453 e. The van der Waals surface area contributed by atoms with Crippen LogP contribution in [0, 0.1) is 20.2 Å². The summed E-state index contributed by atoms with van der Waals surface area (Å²) in [6, 6.07) is 9.75. The zero-order valence-electron chi connectivity index (χ0n) is 25.0. The smallest absolute Gasteiger partial charge is 0.298 e. The Morgan fingerprint density at radius 1 is 0.471 bits per heavy atom. The lowest BCUT2D eigenvalue weighted by atomic mass is 10.2. The Labute approximate surface area is 336 Å². The molecule has 21 heteroatoms. The van der Waals surface area contributed by atoms with Crippen LogP contribution < -0.4 is 11.5 Å². The molecule has 7 heterocycles. The van der Waals surface area contributed by atoms with Crippen molar-refractivity contribution in [2.24, 2.45) is 0 Å². The van der Waals surface area contributed by atoms with Gasteiger partial charge in [-0.3, -0.25) is 30.2 Å². The molecule has 0 spiro atoms. The number of nitrogens with two attached hydrogens (primary N) is 2. The summed E-state index contributed by atoms with van der Waals surface area (Å²) in [5, 5.41) is 22.1. The molecule has 0 saturated carbocycles. The van der Waals surface area contributed by atoms with Crippen LogP contribution in [-0.4, -0.2) is 39.8 Å². The maximum Gasteiger partial charge on any atom is 0.298 e. The molecule has 0 fully saturated rings. The summed E-state index contributed by atoms with van der Waals surface area (Å²) in [4.78, 5) is 45.5. The minimum atomic E-state index is -0.666. The Morgan fingerprint density at radius 3 is 1.10 bits per heavy atom. The SMILES string of the molecule is Brc1cnc2c(c1)oc1cc(Br)cnc12.Nc1cc(Br)cnc1-c1ncc(Br)cc1N.O=[N+]([O-])c1cc(Br)cnc1-c1ncc(Br)cc1[N+](=O)[O-]. The molecule has 51 heavy (non-hydrogen) atoms. The van der Waals surface area contributed by atoms with Gasteiger partial charge in [-0.25, -0.2) is 19.9 Å². The summed E-state index contributed by atoms with van der Waals surface area (Å²) in [7, 11) is 0. The van der Waals surface area contributed by atoms with Crippen LogP contribution >= 0.6 is 95.6 Å². The van der Waals surface area contributed by atoms with E-state index in [2.05, 4.69) is 125 Å². The topological polar surface area (TPSA) is 229 Å². The van der Waals surface area contributed by atoms with Gasteiger partial charge in [-0.15, -0.1) is 0 Å². The van der Waals surface area contributed by atoms with E-state index in [-0.39, 0.29) is 22.8 Å². The third-order valence-electron chi connectivity index (χ3n) is 6.36. The van der Waals surface area contributed by atoms with E-state index in [0.29, 0.717) is 31.7 Å². The number of halogens is 6. The average molecular weight is 1080 g/mol. The number of furan rings is 1. The fraction of sp³-hybridized carbons (Fsp3) is 0. The van der Waals surface area contributed by atoms with E-state index in [0.717, 1.165) is 40.1 Å². The summed E-state index contributed by atoms with van der Waals surface area (Å²) in [6.07, 6.45) is 9.43. The fourth-order valence-corrected chi connectivity index (χ4v) is 6.23. The number of nitrogens with zero attached hydrogens (tertiary/aromatic N) is 8. The van der Waals surface area contributed by atoms with Gasteiger partial charge < -0.3 is 15.9 Å². The van der Waals surface area contributed by atoms with Crippen LogP contribution in [0.3, 0.4) is 0 Å². The number of hydrogen-bond acceptors (Lipinski definition) is 13. The largest absolute Gasteiger partial charge is 0.453 e. The Balaban J connectivity index is 0.000000150. The van der Waals surface area contributed by atoms with Crippen molar-refractivity contribution in [2.75, 3.05) is 11.5 Å². The van der Waals surface area contributed by atoms with Crippen molar-refractivity contribution in [3.8, 4) is 22.8 Å². The first-order chi connectivity index (χ1) is 24.2. The molecule has 0 amide bonds. The molecule has 0 atom stereocenters. The van der Waals surface area contributed by atoms with Crippen LogP contribution in [0.15, 0.2) is 105 Å². The van der Waals surface area contributed by atoms with Crippen molar-refractivity contribution in [1.29, 1.82) is 0 Å². The van der Waals surface area contributed by atoms with Crippen molar-refractivity contribution in [3.05, 3.63) is 121 Å². The Hall–Kier alpha value is -4.02. The standard InChI is InChI=1S/C10H4Br2N4O4.C10H8Br2N4.C10H4Br2N2O/c11-5-1-7(15(17)18)9(13-3-5)10-8(16(19)20)2-6(12)4-14-10;11-5-1-7(13)9(15-3-5)10-8(14)2-6(12)4-16-10;11-5-1-7-9(13-3-5)10-8(15-7)2-6(12)4-14-10/h1-4H;1-4H,13-14H2;1-4H. The molecule has 7 aromatic rings. The van der Waals surface area contributed by atoms with Gasteiger partial charge in [0.2, 0.25) is 0 Å². The second-order valence-electron chi connectivity index (χ2n) is 9.84. The van der Waals surface area contributed by atoms with Crippen molar-refractivity contribution in [1.82, 2.24) is 29.9 Å². The summed E-state index contributed by atoms with van der Waals surface area (Å²) in [5.41, 5.74) is 16.0. The molecule has 0 saturated heterocycles. The number of anilines is 2. The first-order valence-corrected chi connectivity index (χ1v) is 18.4. The van der Waals surface area contributed by atoms with Crippen molar-refractivity contribution >= 4 is 141 Å². The molecule has 0 bridgehead atoms. The number of aromatic nitrogens is 6. The number of hydrogen-bond donors (Lipinski definition) is 2. The lowest BCUT2D eigenvalue weighted by Gasteiger charge is -2.07. The van der Waals surface area contributed by atoms with Crippen LogP contribution in [-0.2, 0) is 0 Å². The summed E-state index contributed by atoms with van der Waals surface area (Å²) in [5.74, 6) is 0. The lowest BCUT2D eigenvalue weighted by Crippen LogP contribution is -2.00. The molecule has 7 rings (SSSR count). The van der Waals surface area contributed by atoms with E-state index in [1.54, 1.807) is 36.9 Å². The maximum absolute atomic E-state index is 11.0. The summed E-state index contributed by atoms with van der Waals surface area (Å²) < 4.78 is 9.86. The van der Waals surface area contributed by atoms with Crippen LogP contribution in [0.1, 0.15) is 0 Å². The number of nitrogen functional groups attached to an aromatic ring is 2. The highest BCUT2D eigenvalue weighted by Gasteiger charge is 2.26. The van der Waals surface area contributed by atoms with Crippen LogP contribution in [0.2, 0.25) is 0 Å². The fourth-order valence-electron chi connectivity index (χ4n) is 4.28. The highest BCUT2D eigenvalue weighted by atomic mass is 79.9. The molecule has 0 aliphatic rings.